The number of nitrogens with zero attached hydrogens (tertiary/aromatic N) is 3. The highest BCUT2D eigenvalue weighted by atomic mass is 19.4. The molecule has 41 heavy (non-hydrogen) atoms. The van der Waals surface area contributed by atoms with E-state index < -0.39 is 52.2 Å². The molecule has 216 valence electrons. The van der Waals surface area contributed by atoms with Crippen LogP contribution in [0.25, 0.3) is 22.0 Å². The molecule has 0 bridgehead atoms. The van der Waals surface area contributed by atoms with Gasteiger partial charge in [-0.25, -0.2) is 23.3 Å². The summed E-state index contributed by atoms with van der Waals surface area (Å²) in [5, 5.41) is 8.60. The van der Waals surface area contributed by atoms with Crippen LogP contribution in [-0.4, -0.2) is 25.8 Å². The Kier molecular flexibility index (Phi) is 7.49. The highest BCUT2D eigenvalue weighted by Crippen LogP contribution is 2.34. The third kappa shape index (κ3) is 5.77. The normalized spacial score (nSPS) is 17.7. The van der Waals surface area contributed by atoms with Gasteiger partial charge in [0.1, 0.15) is 17.2 Å². The van der Waals surface area contributed by atoms with Crippen molar-refractivity contribution in [3.05, 3.63) is 80.4 Å². The Hall–Kier alpha value is -4.36. The number of hydrogen-bond donors (Lipinski definition) is 3. The lowest BCUT2D eigenvalue weighted by molar-refractivity contribution is -0.138. The summed E-state index contributed by atoms with van der Waals surface area (Å²) in [6.45, 7) is 0.253. The van der Waals surface area contributed by atoms with Gasteiger partial charge in [0.25, 0.3) is 17.5 Å². The molecule has 1 fully saturated rings. The standard InChI is InChI=1S/C27H24F6N6O2/c28-19-10-17-14(9-18(19)20-5-4-16(23(29)30)24(34)37-20)6-7-39(26(17)41)12-13-2-1-3-15(8-13)36-21-11-35-38-25(40)22(21)27(31,32)33/h4-7,9-11,13,15,23H,1-3,8,12H2,(H2,34,37)(H2,36,38,40)/t13-,15+/m1/s1. The van der Waals surface area contributed by atoms with Crippen molar-refractivity contribution >= 4 is 22.3 Å². The lowest BCUT2D eigenvalue weighted by Gasteiger charge is -2.31. The smallest absolute Gasteiger partial charge is 0.383 e. The van der Waals surface area contributed by atoms with Gasteiger partial charge in [0.05, 0.1) is 28.5 Å². The first-order valence-corrected chi connectivity index (χ1v) is 12.7. The van der Waals surface area contributed by atoms with Crippen LogP contribution in [-0.2, 0) is 12.7 Å². The van der Waals surface area contributed by atoms with Crippen molar-refractivity contribution < 1.29 is 26.3 Å². The Morgan fingerprint density at radius 3 is 2.63 bits per heavy atom. The van der Waals surface area contributed by atoms with Gasteiger partial charge in [-0.2, -0.15) is 18.3 Å². The molecule has 1 aliphatic rings. The van der Waals surface area contributed by atoms with Crippen LogP contribution in [0.2, 0.25) is 0 Å². The summed E-state index contributed by atoms with van der Waals surface area (Å²) in [6, 6.07) is 6.00. The van der Waals surface area contributed by atoms with Gasteiger partial charge < -0.3 is 15.6 Å². The SMILES string of the molecule is Nc1nc(-c2cc3ccn(C[C@@H]4CCC[C@H](Nc5cn[nH]c(=O)c5C(F)(F)F)C4)c(=O)c3cc2F)ccc1C(F)F. The van der Waals surface area contributed by atoms with Crippen molar-refractivity contribution in [2.45, 2.75) is 50.9 Å². The van der Waals surface area contributed by atoms with E-state index in [4.69, 9.17) is 5.73 Å². The van der Waals surface area contributed by atoms with E-state index >= 15 is 4.39 Å². The van der Waals surface area contributed by atoms with E-state index in [9.17, 15) is 31.5 Å². The minimum atomic E-state index is -4.86. The Bertz CT molecular complexity index is 1720. The van der Waals surface area contributed by atoms with Gasteiger partial charge in [-0.3, -0.25) is 9.59 Å². The monoisotopic (exact) mass is 578 g/mol. The molecule has 1 aromatic carbocycles. The number of alkyl halides is 5. The van der Waals surface area contributed by atoms with Gasteiger partial charge in [-0.15, -0.1) is 0 Å². The van der Waals surface area contributed by atoms with Crippen molar-refractivity contribution in [1.29, 1.82) is 0 Å². The molecule has 3 aromatic heterocycles. The number of fused-ring (bicyclic) bond motifs is 1. The number of benzene rings is 1. The van der Waals surface area contributed by atoms with Crippen LogP contribution in [0.15, 0.2) is 52.3 Å². The summed E-state index contributed by atoms with van der Waals surface area (Å²) < 4.78 is 82.8. The minimum absolute atomic E-state index is 0.00386. The summed E-state index contributed by atoms with van der Waals surface area (Å²) in [5.41, 5.74) is 1.64. The molecule has 2 atom stereocenters. The zero-order valence-corrected chi connectivity index (χ0v) is 21.3. The van der Waals surface area contributed by atoms with E-state index in [0.29, 0.717) is 24.6 Å². The topological polar surface area (TPSA) is 119 Å². The van der Waals surface area contributed by atoms with E-state index in [1.54, 1.807) is 17.4 Å². The molecule has 4 aromatic rings. The fraction of sp³-hybridized carbons (Fsp3) is 0.333. The highest BCUT2D eigenvalue weighted by molar-refractivity contribution is 5.86. The molecule has 1 aliphatic carbocycles. The fourth-order valence-electron chi connectivity index (χ4n) is 5.34. The predicted molar refractivity (Wildman–Crippen MR) is 140 cm³/mol. The molecule has 0 radical (unpaired) electrons. The maximum Gasteiger partial charge on any atom is 0.423 e. The van der Waals surface area contributed by atoms with Crippen LogP contribution in [0.1, 0.15) is 43.2 Å². The van der Waals surface area contributed by atoms with Gasteiger partial charge in [-0.05, 0) is 60.9 Å². The van der Waals surface area contributed by atoms with Crippen molar-refractivity contribution in [3.8, 4) is 11.3 Å². The molecule has 0 unspecified atom stereocenters. The third-order valence-electron chi connectivity index (χ3n) is 7.27. The van der Waals surface area contributed by atoms with Crippen molar-refractivity contribution in [2.75, 3.05) is 11.1 Å². The fourth-order valence-corrected chi connectivity index (χ4v) is 5.34. The Labute approximate surface area is 228 Å². The number of aromatic amines is 1. The molecule has 5 rings (SSSR count). The van der Waals surface area contributed by atoms with Gasteiger partial charge in [0, 0.05) is 24.3 Å². The first-order valence-electron chi connectivity index (χ1n) is 12.7. The second-order valence-corrected chi connectivity index (χ2v) is 10.0. The van der Waals surface area contributed by atoms with Crippen LogP contribution in [0, 0.1) is 11.7 Å². The van der Waals surface area contributed by atoms with Crippen LogP contribution in [0.5, 0.6) is 0 Å². The minimum Gasteiger partial charge on any atom is -0.383 e. The summed E-state index contributed by atoms with van der Waals surface area (Å²) in [7, 11) is 0. The van der Waals surface area contributed by atoms with Crippen molar-refractivity contribution in [1.82, 2.24) is 19.7 Å². The molecule has 1 saturated carbocycles. The number of pyridine rings is 2. The molecular weight excluding hydrogens is 554 g/mol. The second kappa shape index (κ2) is 10.9. The number of nitrogen functional groups attached to an aromatic ring is 1. The van der Waals surface area contributed by atoms with Crippen molar-refractivity contribution in [3.63, 3.8) is 0 Å². The van der Waals surface area contributed by atoms with E-state index in [2.05, 4.69) is 15.4 Å². The zero-order valence-electron chi connectivity index (χ0n) is 21.3. The van der Waals surface area contributed by atoms with E-state index in [1.807, 2.05) is 0 Å². The number of nitrogens with two attached hydrogens (primary N) is 1. The molecule has 3 heterocycles. The van der Waals surface area contributed by atoms with Crippen LogP contribution >= 0.6 is 0 Å². The number of anilines is 2. The lowest BCUT2D eigenvalue weighted by Crippen LogP contribution is -2.33. The first-order chi connectivity index (χ1) is 19.4. The maximum atomic E-state index is 15.1. The third-order valence-corrected chi connectivity index (χ3v) is 7.27. The zero-order chi connectivity index (χ0) is 29.5. The molecule has 8 nitrogen and oxygen atoms in total. The molecular formula is C27H24F6N6O2. The largest absolute Gasteiger partial charge is 0.423 e. The maximum absolute atomic E-state index is 15.1. The molecule has 0 aliphatic heterocycles. The Morgan fingerprint density at radius 2 is 1.93 bits per heavy atom. The van der Waals surface area contributed by atoms with Gasteiger partial charge in [0.15, 0.2) is 0 Å². The number of halogens is 6. The van der Waals surface area contributed by atoms with Crippen LogP contribution < -0.4 is 22.2 Å². The van der Waals surface area contributed by atoms with Gasteiger partial charge in [-0.1, -0.05) is 6.42 Å². The quantitative estimate of drug-likeness (QED) is 0.260. The lowest BCUT2D eigenvalue weighted by atomic mass is 9.85. The van der Waals surface area contributed by atoms with E-state index in [0.717, 1.165) is 24.8 Å². The number of aromatic nitrogens is 4. The Balaban J connectivity index is 1.36. The molecule has 0 saturated heterocycles. The summed E-state index contributed by atoms with van der Waals surface area (Å²) in [6.07, 6.45) is -2.81. The Morgan fingerprint density at radius 1 is 1.15 bits per heavy atom. The molecule has 14 heteroatoms. The molecule has 0 amide bonds. The van der Waals surface area contributed by atoms with Crippen molar-refractivity contribution in [2.24, 2.45) is 5.92 Å². The summed E-state index contributed by atoms with van der Waals surface area (Å²) in [5.74, 6) is -1.28. The van der Waals surface area contributed by atoms with Crippen LogP contribution in [0.4, 0.5) is 37.8 Å². The number of rotatable bonds is 6. The molecule has 0 spiro atoms. The van der Waals surface area contributed by atoms with Crippen LogP contribution in [0.3, 0.4) is 0 Å². The first kappa shape index (κ1) is 28.2. The van der Waals surface area contributed by atoms with Gasteiger partial charge in [0.2, 0.25) is 0 Å². The number of H-pyrrole nitrogens is 1. The average molecular weight is 579 g/mol. The van der Waals surface area contributed by atoms with E-state index in [-0.39, 0.29) is 35.1 Å². The second-order valence-electron chi connectivity index (χ2n) is 10.0. The molecule has 4 N–H and O–H groups in total. The summed E-state index contributed by atoms with van der Waals surface area (Å²) >= 11 is 0. The number of hydrogen-bond acceptors (Lipinski definition) is 6. The average Bonchev–Trinajstić information content (AvgIpc) is 2.89. The number of nitrogens with one attached hydrogen (secondary N) is 2. The predicted octanol–water partition coefficient (Wildman–Crippen LogP) is 5.50. The van der Waals surface area contributed by atoms with Gasteiger partial charge >= 0.3 is 6.18 Å². The van der Waals surface area contributed by atoms with E-state index in [1.165, 1.54) is 16.7 Å². The highest BCUT2D eigenvalue weighted by Gasteiger charge is 2.38. The summed E-state index contributed by atoms with van der Waals surface area (Å²) in [4.78, 5) is 28.9.